The number of carbonyl (C=O) groups excluding carboxylic acids is 1. The second kappa shape index (κ2) is 6.52. The molecule has 5 nitrogen and oxygen atoms in total. The van der Waals surface area contributed by atoms with Gasteiger partial charge in [0.05, 0.1) is 13.5 Å². The molecule has 3 rings (SSSR count). The van der Waals surface area contributed by atoms with Crippen LogP contribution in [0.2, 0.25) is 0 Å². The first-order valence-electron chi connectivity index (χ1n) is 7.40. The highest BCUT2D eigenvalue weighted by atomic mass is 16.5. The van der Waals surface area contributed by atoms with Crippen molar-refractivity contribution in [3.05, 3.63) is 59.5 Å². The number of nitrogens with one attached hydrogen (secondary N) is 1. The molecule has 0 saturated heterocycles. The molecule has 0 radical (unpaired) electrons. The zero-order valence-corrected chi connectivity index (χ0v) is 13.1. The van der Waals surface area contributed by atoms with E-state index in [2.05, 4.69) is 10.3 Å². The van der Waals surface area contributed by atoms with E-state index in [1.165, 1.54) is 0 Å². The van der Waals surface area contributed by atoms with Crippen molar-refractivity contribution in [3.63, 3.8) is 0 Å². The Kier molecular flexibility index (Phi) is 4.28. The molecule has 0 aliphatic heterocycles. The summed E-state index contributed by atoms with van der Waals surface area (Å²) in [4.78, 5) is 16.4. The number of ether oxygens (including phenoxy) is 1. The molecule has 0 saturated carbocycles. The van der Waals surface area contributed by atoms with Crippen LogP contribution in [0.1, 0.15) is 17.0 Å². The molecular weight excluding hydrogens is 292 g/mol. The highest BCUT2D eigenvalue weighted by molar-refractivity contribution is 5.79. The SMILES string of the molecule is COc1cccc(CC(=O)NCc2ccc3oc(C)nc3c2)c1. The van der Waals surface area contributed by atoms with Crippen LogP contribution in [0.25, 0.3) is 11.1 Å². The lowest BCUT2D eigenvalue weighted by atomic mass is 10.1. The quantitative estimate of drug-likeness (QED) is 0.787. The minimum Gasteiger partial charge on any atom is -0.497 e. The molecule has 1 heterocycles. The van der Waals surface area contributed by atoms with Crippen LogP contribution in [-0.2, 0) is 17.8 Å². The summed E-state index contributed by atoms with van der Waals surface area (Å²) in [5.41, 5.74) is 3.48. The van der Waals surface area contributed by atoms with Gasteiger partial charge in [0.15, 0.2) is 11.5 Å². The van der Waals surface area contributed by atoms with Gasteiger partial charge in [0.2, 0.25) is 5.91 Å². The van der Waals surface area contributed by atoms with Crippen molar-refractivity contribution in [3.8, 4) is 5.75 Å². The van der Waals surface area contributed by atoms with Crippen molar-refractivity contribution < 1.29 is 13.9 Å². The molecule has 5 heteroatoms. The molecule has 3 aromatic rings. The van der Waals surface area contributed by atoms with Crippen molar-refractivity contribution in [1.82, 2.24) is 10.3 Å². The van der Waals surface area contributed by atoms with Crippen LogP contribution in [0.3, 0.4) is 0 Å². The molecule has 1 N–H and O–H groups in total. The normalized spacial score (nSPS) is 10.7. The van der Waals surface area contributed by atoms with Crippen molar-refractivity contribution in [2.75, 3.05) is 7.11 Å². The maximum Gasteiger partial charge on any atom is 0.224 e. The molecule has 0 bridgehead atoms. The van der Waals surface area contributed by atoms with Crippen LogP contribution in [0.4, 0.5) is 0 Å². The van der Waals surface area contributed by atoms with Crippen molar-refractivity contribution in [1.29, 1.82) is 0 Å². The first kappa shape index (κ1) is 15.1. The number of benzene rings is 2. The standard InChI is InChI=1S/C18H18N2O3/c1-12-20-16-9-14(6-7-17(16)23-12)11-19-18(21)10-13-4-3-5-15(8-13)22-2/h3-9H,10-11H2,1-2H3,(H,19,21). The van der Waals surface area contributed by atoms with Crippen molar-refractivity contribution in [2.24, 2.45) is 0 Å². The van der Waals surface area contributed by atoms with Gasteiger partial charge in [-0.25, -0.2) is 4.98 Å². The largest absolute Gasteiger partial charge is 0.497 e. The fourth-order valence-corrected chi connectivity index (χ4v) is 2.43. The second-order valence-electron chi connectivity index (χ2n) is 5.34. The zero-order valence-electron chi connectivity index (χ0n) is 13.1. The van der Waals surface area contributed by atoms with Gasteiger partial charge in [-0.1, -0.05) is 18.2 Å². The Balaban J connectivity index is 1.61. The molecule has 0 aliphatic carbocycles. The van der Waals surface area contributed by atoms with E-state index in [4.69, 9.17) is 9.15 Å². The van der Waals surface area contributed by atoms with Crippen LogP contribution in [-0.4, -0.2) is 18.0 Å². The molecule has 23 heavy (non-hydrogen) atoms. The third-order valence-corrected chi connectivity index (χ3v) is 3.55. The topological polar surface area (TPSA) is 64.4 Å². The van der Waals surface area contributed by atoms with E-state index in [0.717, 1.165) is 28.0 Å². The molecule has 2 aromatic carbocycles. The predicted molar refractivity (Wildman–Crippen MR) is 87.3 cm³/mol. The molecule has 118 valence electrons. The summed E-state index contributed by atoms with van der Waals surface area (Å²) in [5.74, 6) is 1.36. The van der Waals surface area contributed by atoms with Crippen LogP contribution < -0.4 is 10.1 Å². The molecular formula is C18H18N2O3. The van der Waals surface area contributed by atoms with Crippen molar-refractivity contribution in [2.45, 2.75) is 19.9 Å². The van der Waals surface area contributed by atoms with Gasteiger partial charge in [0, 0.05) is 13.5 Å². The average molecular weight is 310 g/mol. The average Bonchev–Trinajstić information content (AvgIpc) is 2.92. The number of fused-ring (bicyclic) bond motifs is 1. The van der Waals surface area contributed by atoms with E-state index in [1.807, 2.05) is 49.4 Å². The number of aromatic nitrogens is 1. The number of oxazole rings is 1. The Hall–Kier alpha value is -2.82. The lowest BCUT2D eigenvalue weighted by Crippen LogP contribution is -2.24. The molecule has 1 amide bonds. The van der Waals surface area contributed by atoms with Crippen LogP contribution in [0, 0.1) is 6.92 Å². The van der Waals surface area contributed by atoms with Crippen LogP contribution in [0.5, 0.6) is 5.75 Å². The predicted octanol–water partition coefficient (Wildman–Crippen LogP) is 3.00. The number of carbonyl (C=O) groups is 1. The highest BCUT2D eigenvalue weighted by Gasteiger charge is 2.06. The number of methoxy groups -OCH3 is 1. The summed E-state index contributed by atoms with van der Waals surface area (Å²) < 4.78 is 10.6. The second-order valence-corrected chi connectivity index (χ2v) is 5.34. The Labute approximate surface area is 134 Å². The summed E-state index contributed by atoms with van der Waals surface area (Å²) >= 11 is 0. The van der Waals surface area contributed by atoms with Gasteiger partial charge in [-0.05, 0) is 35.4 Å². The minimum atomic E-state index is -0.0327. The van der Waals surface area contributed by atoms with Gasteiger partial charge in [-0.15, -0.1) is 0 Å². The molecule has 1 aromatic heterocycles. The van der Waals surface area contributed by atoms with Crippen LogP contribution >= 0.6 is 0 Å². The third kappa shape index (κ3) is 3.69. The number of amides is 1. The Bertz CT molecular complexity index is 839. The lowest BCUT2D eigenvalue weighted by Gasteiger charge is -2.07. The van der Waals surface area contributed by atoms with Crippen molar-refractivity contribution >= 4 is 17.0 Å². The monoisotopic (exact) mass is 310 g/mol. The fourth-order valence-electron chi connectivity index (χ4n) is 2.43. The number of hydrogen-bond acceptors (Lipinski definition) is 4. The van der Waals surface area contributed by atoms with E-state index in [0.29, 0.717) is 18.9 Å². The van der Waals surface area contributed by atoms with E-state index in [9.17, 15) is 4.79 Å². The number of hydrogen-bond donors (Lipinski definition) is 1. The summed E-state index contributed by atoms with van der Waals surface area (Å²) in [6.07, 6.45) is 0.322. The first-order valence-corrected chi connectivity index (χ1v) is 7.40. The number of aryl methyl sites for hydroxylation is 1. The van der Waals surface area contributed by atoms with Gasteiger partial charge >= 0.3 is 0 Å². The summed E-state index contributed by atoms with van der Waals surface area (Å²) in [5, 5.41) is 2.92. The lowest BCUT2D eigenvalue weighted by molar-refractivity contribution is -0.120. The van der Waals surface area contributed by atoms with Gasteiger partial charge in [-0.2, -0.15) is 0 Å². The molecule has 0 atom stereocenters. The molecule has 0 fully saturated rings. The van der Waals surface area contributed by atoms with E-state index >= 15 is 0 Å². The van der Waals surface area contributed by atoms with Gasteiger partial charge in [0.25, 0.3) is 0 Å². The Morgan fingerprint density at radius 3 is 2.91 bits per heavy atom. The Morgan fingerprint density at radius 1 is 1.22 bits per heavy atom. The summed E-state index contributed by atoms with van der Waals surface area (Å²) in [7, 11) is 1.61. The van der Waals surface area contributed by atoms with Crippen LogP contribution in [0.15, 0.2) is 46.9 Å². The molecule has 0 spiro atoms. The maximum absolute atomic E-state index is 12.1. The molecule has 0 aliphatic rings. The smallest absolute Gasteiger partial charge is 0.224 e. The molecule has 0 unspecified atom stereocenters. The highest BCUT2D eigenvalue weighted by Crippen LogP contribution is 2.17. The van der Waals surface area contributed by atoms with Gasteiger partial charge in [0.1, 0.15) is 11.3 Å². The maximum atomic E-state index is 12.1. The van der Waals surface area contributed by atoms with Gasteiger partial charge in [-0.3, -0.25) is 4.79 Å². The summed E-state index contributed by atoms with van der Waals surface area (Å²) in [6.45, 7) is 2.28. The van der Waals surface area contributed by atoms with E-state index < -0.39 is 0 Å². The fraction of sp³-hybridized carbons (Fsp3) is 0.222. The Morgan fingerprint density at radius 2 is 2.09 bits per heavy atom. The number of nitrogens with zero attached hydrogens (tertiary/aromatic N) is 1. The minimum absolute atomic E-state index is 0.0327. The zero-order chi connectivity index (χ0) is 16.2. The third-order valence-electron chi connectivity index (χ3n) is 3.55. The van der Waals surface area contributed by atoms with Gasteiger partial charge < -0.3 is 14.5 Å². The van der Waals surface area contributed by atoms with E-state index in [1.54, 1.807) is 7.11 Å². The first-order chi connectivity index (χ1) is 11.1. The summed E-state index contributed by atoms with van der Waals surface area (Å²) in [6, 6.07) is 13.2. The number of rotatable bonds is 5. The van der Waals surface area contributed by atoms with E-state index in [-0.39, 0.29) is 5.91 Å².